The van der Waals surface area contributed by atoms with E-state index in [4.69, 9.17) is 5.73 Å². The second kappa shape index (κ2) is 4.45. The van der Waals surface area contributed by atoms with Crippen LogP contribution in [-0.4, -0.2) is 36.2 Å². The van der Waals surface area contributed by atoms with Crippen molar-refractivity contribution in [3.05, 3.63) is 23.8 Å². The SMILES string of the molecule is CN1C(=O)C(N)c2ccc(N3C4CCC3CC(O)C4)cc21. The Morgan fingerprint density at radius 2 is 1.90 bits per heavy atom. The summed E-state index contributed by atoms with van der Waals surface area (Å²) in [6.07, 6.45) is 3.83. The van der Waals surface area contributed by atoms with E-state index >= 15 is 0 Å². The zero-order valence-corrected chi connectivity index (χ0v) is 12.2. The van der Waals surface area contributed by atoms with E-state index < -0.39 is 6.04 Å². The fourth-order valence-electron chi connectivity index (χ4n) is 4.28. The van der Waals surface area contributed by atoms with Crippen LogP contribution in [-0.2, 0) is 4.79 Å². The van der Waals surface area contributed by atoms with Gasteiger partial charge in [-0.25, -0.2) is 0 Å². The van der Waals surface area contributed by atoms with Crippen LogP contribution in [0.2, 0.25) is 0 Å². The standard InChI is InChI=1S/C16H21N3O2/c1-18-14-8-11(4-5-13(14)15(17)16(18)21)19-9-2-3-10(19)7-12(20)6-9/h4-5,8-10,12,15,20H,2-3,6-7,17H2,1H3. The lowest BCUT2D eigenvalue weighted by Crippen LogP contribution is -2.44. The topological polar surface area (TPSA) is 69.8 Å². The number of anilines is 2. The summed E-state index contributed by atoms with van der Waals surface area (Å²) in [5.41, 5.74) is 8.95. The molecule has 0 aliphatic carbocycles. The van der Waals surface area contributed by atoms with Crippen LogP contribution in [0.5, 0.6) is 0 Å². The second-order valence-electron chi connectivity index (χ2n) is 6.54. The summed E-state index contributed by atoms with van der Waals surface area (Å²) in [6, 6.07) is 6.47. The molecule has 3 atom stereocenters. The maximum Gasteiger partial charge on any atom is 0.248 e. The van der Waals surface area contributed by atoms with Crippen LogP contribution in [0.3, 0.4) is 0 Å². The monoisotopic (exact) mass is 287 g/mol. The van der Waals surface area contributed by atoms with Crippen LogP contribution in [0.1, 0.15) is 37.3 Å². The number of aliphatic hydroxyl groups is 1. The molecule has 1 aromatic carbocycles. The van der Waals surface area contributed by atoms with Crippen LogP contribution in [0, 0.1) is 0 Å². The van der Waals surface area contributed by atoms with Crippen LogP contribution in [0.25, 0.3) is 0 Å². The van der Waals surface area contributed by atoms with Gasteiger partial charge in [-0.2, -0.15) is 0 Å². The number of aliphatic hydroxyl groups excluding tert-OH is 1. The van der Waals surface area contributed by atoms with E-state index in [0.29, 0.717) is 12.1 Å². The Labute approximate surface area is 124 Å². The minimum atomic E-state index is -0.529. The molecular weight excluding hydrogens is 266 g/mol. The van der Waals surface area contributed by atoms with Crippen molar-refractivity contribution in [2.24, 2.45) is 5.73 Å². The highest BCUT2D eigenvalue weighted by atomic mass is 16.3. The van der Waals surface area contributed by atoms with Crippen LogP contribution < -0.4 is 15.5 Å². The lowest BCUT2D eigenvalue weighted by atomic mass is 9.98. The van der Waals surface area contributed by atoms with E-state index in [9.17, 15) is 9.90 Å². The summed E-state index contributed by atoms with van der Waals surface area (Å²) in [5, 5.41) is 9.92. The molecule has 3 aliphatic rings. The Morgan fingerprint density at radius 3 is 2.57 bits per heavy atom. The maximum absolute atomic E-state index is 12.0. The van der Waals surface area contributed by atoms with Crippen molar-refractivity contribution < 1.29 is 9.90 Å². The molecule has 2 fully saturated rings. The predicted octanol–water partition coefficient (Wildman–Crippen LogP) is 1.15. The average molecular weight is 287 g/mol. The van der Waals surface area contributed by atoms with Crippen molar-refractivity contribution in [3.63, 3.8) is 0 Å². The van der Waals surface area contributed by atoms with E-state index in [1.54, 1.807) is 11.9 Å². The van der Waals surface area contributed by atoms with Gasteiger partial charge in [0.05, 0.1) is 11.8 Å². The Balaban J connectivity index is 1.71. The van der Waals surface area contributed by atoms with Gasteiger partial charge in [0.15, 0.2) is 0 Å². The van der Waals surface area contributed by atoms with E-state index in [1.807, 2.05) is 6.07 Å². The number of benzene rings is 1. The van der Waals surface area contributed by atoms with Gasteiger partial charge in [0.2, 0.25) is 5.91 Å². The lowest BCUT2D eigenvalue weighted by molar-refractivity contribution is -0.118. The molecule has 2 saturated heterocycles. The van der Waals surface area contributed by atoms with Gasteiger partial charge >= 0.3 is 0 Å². The minimum Gasteiger partial charge on any atom is -0.393 e. The summed E-state index contributed by atoms with van der Waals surface area (Å²) in [6.45, 7) is 0. The fourth-order valence-corrected chi connectivity index (χ4v) is 4.28. The van der Waals surface area contributed by atoms with E-state index in [-0.39, 0.29) is 12.0 Å². The molecule has 21 heavy (non-hydrogen) atoms. The van der Waals surface area contributed by atoms with Crippen LogP contribution >= 0.6 is 0 Å². The normalized spacial score (nSPS) is 34.5. The summed E-state index contributed by atoms with van der Waals surface area (Å²) in [5.74, 6) is -0.0424. The number of hydrogen-bond acceptors (Lipinski definition) is 4. The van der Waals surface area contributed by atoms with E-state index in [2.05, 4.69) is 17.0 Å². The molecule has 4 rings (SSSR count). The zero-order valence-electron chi connectivity index (χ0n) is 12.2. The van der Waals surface area contributed by atoms with Crippen molar-refractivity contribution in [2.75, 3.05) is 16.8 Å². The van der Waals surface area contributed by atoms with E-state index in [1.165, 1.54) is 0 Å². The zero-order chi connectivity index (χ0) is 14.7. The molecule has 0 radical (unpaired) electrons. The van der Waals surface area contributed by atoms with Gasteiger partial charge in [-0.1, -0.05) is 6.07 Å². The van der Waals surface area contributed by atoms with Gasteiger partial charge in [0, 0.05) is 30.4 Å². The average Bonchev–Trinajstić information content (AvgIpc) is 2.86. The van der Waals surface area contributed by atoms with Gasteiger partial charge in [-0.15, -0.1) is 0 Å². The first kappa shape index (κ1) is 13.1. The molecule has 1 aromatic rings. The first-order valence-corrected chi connectivity index (χ1v) is 7.69. The van der Waals surface area contributed by atoms with Crippen molar-refractivity contribution in [2.45, 2.75) is 49.9 Å². The molecule has 0 saturated carbocycles. The van der Waals surface area contributed by atoms with Crippen molar-refractivity contribution in [1.29, 1.82) is 0 Å². The molecule has 5 heteroatoms. The minimum absolute atomic E-state index is 0.0424. The van der Waals surface area contributed by atoms with Gasteiger partial charge in [0.25, 0.3) is 0 Å². The number of piperidine rings is 1. The Morgan fingerprint density at radius 1 is 1.24 bits per heavy atom. The summed E-state index contributed by atoms with van der Waals surface area (Å²) < 4.78 is 0. The number of amides is 1. The number of nitrogens with two attached hydrogens (primary N) is 1. The van der Waals surface area contributed by atoms with E-state index in [0.717, 1.165) is 42.6 Å². The highest BCUT2D eigenvalue weighted by Gasteiger charge is 2.41. The van der Waals surface area contributed by atoms with Crippen molar-refractivity contribution >= 4 is 17.3 Å². The molecule has 0 spiro atoms. The molecular formula is C16H21N3O2. The number of rotatable bonds is 1. The Bertz CT molecular complexity index is 589. The Hall–Kier alpha value is -1.59. The number of hydrogen-bond donors (Lipinski definition) is 2. The van der Waals surface area contributed by atoms with Crippen molar-refractivity contribution in [1.82, 2.24) is 0 Å². The number of nitrogens with zero attached hydrogens (tertiary/aromatic N) is 2. The number of likely N-dealkylation sites (N-methyl/N-ethyl adjacent to an activating group) is 1. The highest BCUT2D eigenvalue weighted by molar-refractivity contribution is 6.04. The molecule has 1 amide bonds. The third-order valence-electron chi connectivity index (χ3n) is 5.31. The number of carbonyl (C=O) groups is 1. The molecule has 3 heterocycles. The highest BCUT2D eigenvalue weighted by Crippen LogP contribution is 2.42. The maximum atomic E-state index is 12.0. The second-order valence-corrected chi connectivity index (χ2v) is 6.54. The summed E-state index contributed by atoms with van der Waals surface area (Å²) in [7, 11) is 1.78. The van der Waals surface area contributed by atoms with Crippen molar-refractivity contribution in [3.8, 4) is 0 Å². The first-order valence-electron chi connectivity index (χ1n) is 7.69. The lowest BCUT2D eigenvalue weighted by Gasteiger charge is -2.39. The first-order chi connectivity index (χ1) is 10.1. The quantitative estimate of drug-likeness (QED) is 0.813. The molecule has 3 N–H and O–H groups in total. The van der Waals surface area contributed by atoms with Gasteiger partial charge in [-0.3, -0.25) is 4.79 Å². The number of carbonyl (C=O) groups excluding carboxylic acids is 1. The molecule has 5 nitrogen and oxygen atoms in total. The molecule has 3 unspecified atom stereocenters. The molecule has 0 aromatic heterocycles. The van der Waals surface area contributed by atoms with Crippen LogP contribution in [0.15, 0.2) is 18.2 Å². The largest absolute Gasteiger partial charge is 0.393 e. The predicted molar refractivity (Wildman–Crippen MR) is 81.3 cm³/mol. The summed E-state index contributed by atoms with van der Waals surface area (Å²) >= 11 is 0. The summed E-state index contributed by atoms with van der Waals surface area (Å²) in [4.78, 5) is 16.1. The smallest absolute Gasteiger partial charge is 0.248 e. The van der Waals surface area contributed by atoms with Crippen LogP contribution in [0.4, 0.5) is 11.4 Å². The van der Waals surface area contributed by atoms with Gasteiger partial charge in [0.1, 0.15) is 6.04 Å². The number of fused-ring (bicyclic) bond motifs is 3. The Kier molecular flexibility index (Phi) is 2.78. The third-order valence-corrected chi connectivity index (χ3v) is 5.31. The van der Waals surface area contributed by atoms with Gasteiger partial charge < -0.3 is 20.6 Å². The third kappa shape index (κ3) is 1.80. The molecule has 3 aliphatic heterocycles. The van der Waals surface area contributed by atoms with Gasteiger partial charge in [-0.05, 0) is 37.8 Å². The molecule has 2 bridgehead atoms. The fraction of sp³-hybridized carbons (Fsp3) is 0.562. The molecule has 112 valence electrons.